The van der Waals surface area contributed by atoms with Gasteiger partial charge in [-0.25, -0.2) is 4.39 Å². The van der Waals surface area contributed by atoms with Crippen molar-refractivity contribution in [3.05, 3.63) is 29.1 Å². The largest absolute Gasteiger partial charge is 0.328 e. The Morgan fingerprint density at radius 1 is 1.56 bits per heavy atom. The molecule has 0 radical (unpaired) electrons. The molecular formula is C12H17FN2O. The Morgan fingerprint density at radius 2 is 2.25 bits per heavy atom. The highest BCUT2D eigenvalue weighted by atomic mass is 19.1. The second-order valence-corrected chi connectivity index (χ2v) is 4.01. The number of benzene rings is 1. The van der Waals surface area contributed by atoms with Crippen LogP contribution in [0.15, 0.2) is 12.1 Å². The van der Waals surface area contributed by atoms with Crippen LogP contribution in [0.2, 0.25) is 0 Å². The molecule has 0 aliphatic heterocycles. The van der Waals surface area contributed by atoms with Crippen molar-refractivity contribution in [1.82, 2.24) is 0 Å². The molecule has 0 saturated heterocycles. The van der Waals surface area contributed by atoms with E-state index in [0.29, 0.717) is 18.4 Å². The molecular weight excluding hydrogens is 207 g/mol. The number of carbonyl (C=O) groups is 1. The summed E-state index contributed by atoms with van der Waals surface area (Å²) in [5.41, 5.74) is 7.23. The second-order valence-electron chi connectivity index (χ2n) is 4.01. The molecule has 16 heavy (non-hydrogen) atoms. The summed E-state index contributed by atoms with van der Waals surface area (Å²) in [7, 11) is 0. The number of hydrogen-bond donors (Lipinski definition) is 2. The van der Waals surface area contributed by atoms with Gasteiger partial charge in [-0.15, -0.1) is 0 Å². The first-order valence-electron chi connectivity index (χ1n) is 5.30. The molecule has 0 aliphatic carbocycles. The smallest absolute Gasteiger partial charge is 0.211 e. The molecule has 1 unspecified atom stereocenters. The van der Waals surface area contributed by atoms with E-state index < -0.39 is 0 Å². The van der Waals surface area contributed by atoms with Gasteiger partial charge in [-0.05, 0) is 37.8 Å². The number of nitrogens with one attached hydrogen (secondary N) is 1. The van der Waals surface area contributed by atoms with E-state index in [2.05, 4.69) is 5.32 Å². The van der Waals surface area contributed by atoms with Gasteiger partial charge in [0, 0.05) is 6.04 Å². The summed E-state index contributed by atoms with van der Waals surface area (Å²) in [6.07, 6.45) is 1.91. The van der Waals surface area contributed by atoms with Gasteiger partial charge >= 0.3 is 0 Å². The van der Waals surface area contributed by atoms with Gasteiger partial charge < -0.3 is 11.1 Å². The molecule has 3 N–H and O–H groups in total. The number of rotatable bonds is 5. The summed E-state index contributed by atoms with van der Waals surface area (Å²) in [6.45, 7) is 3.57. The molecule has 0 aromatic heterocycles. The molecule has 88 valence electrons. The van der Waals surface area contributed by atoms with Gasteiger partial charge in [0.1, 0.15) is 5.82 Å². The van der Waals surface area contributed by atoms with Crippen molar-refractivity contribution in [2.75, 3.05) is 5.32 Å². The lowest BCUT2D eigenvalue weighted by molar-refractivity contribution is -0.105. The van der Waals surface area contributed by atoms with E-state index >= 15 is 0 Å². The topological polar surface area (TPSA) is 55.1 Å². The molecule has 0 fully saturated rings. The van der Waals surface area contributed by atoms with E-state index in [-0.39, 0.29) is 17.5 Å². The Morgan fingerprint density at radius 3 is 2.81 bits per heavy atom. The lowest BCUT2D eigenvalue weighted by atomic mass is 10.0. The highest BCUT2D eigenvalue weighted by Gasteiger charge is 2.11. The maximum Gasteiger partial charge on any atom is 0.211 e. The predicted molar refractivity (Wildman–Crippen MR) is 62.8 cm³/mol. The molecule has 1 aromatic rings. The van der Waals surface area contributed by atoms with Crippen LogP contribution in [0, 0.1) is 12.7 Å². The number of hydrogen-bond acceptors (Lipinski definition) is 2. The van der Waals surface area contributed by atoms with Crippen LogP contribution in [0.1, 0.15) is 24.5 Å². The predicted octanol–water partition coefficient (Wildman–Crippen LogP) is 1.98. The van der Waals surface area contributed by atoms with Crippen LogP contribution in [0.25, 0.3) is 0 Å². The van der Waals surface area contributed by atoms with Crippen molar-refractivity contribution >= 4 is 12.1 Å². The van der Waals surface area contributed by atoms with Gasteiger partial charge in [-0.1, -0.05) is 12.1 Å². The van der Waals surface area contributed by atoms with Crippen molar-refractivity contribution in [2.45, 2.75) is 32.7 Å². The Labute approximate surface area is 94.8 Å². The number of nitrogens with two attached hydrogens (primary N) is 1. The average molecular weight is 224 g/mol. The number of amides is 1. The molecule has 0 aliphatic rings. The SMILES string of the molecule is Cc1ccc(CCC(C)N)c(NC=O)c1F. The van der Waals surface area contributed by atoms with Gasteiger partial charge in [0.2, 0.25) is 6.41 Å². The minimum Gasteiger partial charge on any atom is -0.328 e. The van der Waals surface area contributed by atoms with Crippen LogP contribution in [0.3, 0.4) is 0 Å². The summed E-state index contributed by atoms with van der Waals surface area (Å²) in [4.78, 5) is 10.4. The van der Waals surface area contributed by atoms with Crippen LogP contribution >= 0.6 is 0 Å². The van der Waals surface area contributed by atoms with Crippen LogP contribution in [-0.2, 0) is 11.2 Å². The molecule has 0 heterocycles. The molecule has 1 atom stereocenters. The quantitative estimate of drug-likeness (QED) is 0.751. The highest BCUT2D eigenvalue weighted by Crippen LogP contribution is 2.23. The second kappa shape index (κ2) is 5.61. The highest BCUT2D eigenvalue weighted by molar-refractivity contribution is 5.74. The zero-order valence-electron chi connectivity index (χ0n) is 9.59. The van der Waals surface area contributed by atoms with Crippen molar-refractivity contribution in [3.8, 4) is 0 Å². The zero-order valence-corrected chi connectivity index (χ0v) is 9.59. The monoisotopic (exact) mass is 224 g/mol. The van der Waals surface area contributed by atoms with E-state index in [1.165, 1.54) is 0 Å². The summed E-state index contributed by atoms with van der Waals surface area (Å²) in [6, 6.07) is 3.60. The van der Waals surface area contributed by atoms with Crippen molar-refractivity contribution in [1.29, 1.82) is 0 Å². The average Bonchev–Trinajstić information content (AvgIpc) is 2.24. The van der Waals surface area contributed by atoms with Gasteiger partial charge in [0.15, 0.2) is 0 Å². The van der Waals surface area contributed by atoms with Gasteiger partial charge in [0.05, 0.1) is 5.69 Å². The third kappa shape index (κ3) is 3.03. The fraction of sp³-hybridized carbons (Fsp3) is 0.417. The van der Waals surface area contributed by atoms with Crippen molar-refractivity contribution in [2.24, 2.45) is 5.73 Å². The fourth-order valence-electron chi connectivity index (χ4n) is 1.53. The van der Waals surface area contributed by atoms with E-state index in [9.17, 15) is 9.18 Å². The standard InChI is InChI=1S/C12H17FN2O/c1-8-3-5-10(6-4-9(2)14)12(11(8)13)15-7-16/h3,5,7,9H,4,6,14H2,1-2H3,(H,15,16). The van der Waals surface area contributed by atoms with Crippen molar-refractivity contribution in [3.63, 3.8) is 0 Å². The van der Waals surface area contributed by atoms with E-state index in [1.807, 2.05) is 13.0 Å². The normalized spacial score (nSPS) is 12.2. The van der Waals surface area contributed by atoms with Gasteiger partial charge in [-0.3, -0.25) is 4.79 Å². The summed E-state index contributed by atoms with van der Waals surface area (Å²) in [5, 5.41) is 2.41. The lowest BCUT2D eigenvalue weighted by Gasteiger charge is -2.12. The Hall–Kier alpha value is -1.42. The number of anilines is 1. The maximum atomic E-state index is 13.7. The first kappa shape index (κ1) is 12.6. The minimum atomic E-state index is -0.366. The summed E-state index contributed by atoms with van der Waals surface area (Å²) >= 11 is 0. The number of carbonyl (C=O) groups excluding carboxylic acids is 1. The minimum absolute atomic E-state index is 0.0634. The summed E-state index contributed by atoms with van der Waals surface area (Å²) in [5.74, 6) is -0.366. The van der Waals surface area contributed by atoms with Crippen molar-refractivity contribution < 1.29 is 9.18 Å². The van der Waals surface area contributed by atoms with E-state index in [1.54, 1.807) is 13.0 Å². The van der Waals surface area contributed by atoms with Crippen LogP contribution in [0.5, 0.6) is 0 Å². The Balaban J connectivity index is 2.98. The molecule has 3 nitrogen and oxygen atoms in total. The number of aryl methyl sites for hydroxylation is 2. The molecule has 0 saturated carbocycles. The molecule has 0 bridgehead atoms. The molecule has 4 heteroatoms. The molecule has 1 amide bonds. The number of halogens is 1. The third-order valence-electron chi connectivity index (χ3n) is 2.49. The zero-order chi connectivity index (χ0) is 12.1. The van der Waals surface area contributed by atoms with Gasteiger partial charge in [-0.2, -0.15) is 0 Å². The maximum absolute atomic E-state index is 13.7. The first-order chi connectivity index (χ1) is 7.56. The van der Waals surface area contributed by atoms with Crippen LogP contribution in [0.4, 0.5) is 10.1 Å². The third-order valence-corrected chi connectivity index (χ3v) is 2.49. The van der Waals surface area contributed by atoms with E-state index in [4.69, 9.17) is 5.73 Å². The van der Waals surface area contributed by atoms with E-state index in [0.717, 1.165) is 12.0 Å². The van der Waals surface area contributed by atoms with Crippen LogP contribution < -0.4 is 11.1 Å². The first-order valence-corrected chi connectivity index (χ1v) is 5.30. The fourth-order valence-corrected chi connectivity index (χ4v) is 1.53. The lowest BCUT2D eigenvalue weighted by Crippen LogP contribution is -2.16. The molecule has 0 spiro atoms. The van der Waals surface area contributed by atoms with Crippen LogP contribution in [-0.4, -0.2) is 12.5 Å². The molecule has 1 aromatic carbocycles. The Bertz CT molecular complexity index is 378. The van der Waals surface area contributed by atoms with Gasteiger partial charge in [0.25, 0.3) is 0 Å². The molecule has 1 rings (SSSR count). The summed E-state index contributed by atoms with van der Waals surface area (Å²) < 4.78 is 13.7. The Kier molecular flexibility index (Phi) is 4.43.